The van der Waals surface area contributed by atoms with Crippen LogP contribution in [0.2, 0.25) is 0 Å². The Hall–Kier alpha value is -2.35. The lowest BCUT2D eigenvalue weighted by molar-refractivity contribution is 0.0498. The zero-order valence-electron chi connectivity index (χ0n) is 15.8. The van der Waals surface area contributed by atoms with Crippen LogP contribution in [0.3, 0.4) is 0 Å². The van der Waals surface area contributed by atoms with Crippen molar-refractivity contribution in [2.75, 3.05) is 26.4 Å². The van der Waals surface area contributed by atoms with Crippen molar-refractivity contribution in [3.05, 3.63) is 65.7 Å². The van der Waals surface area contributed by atoms with Gasteiger partial charge in [0.1, 0.15) is 5.75 Å². The van der Waals surface area contributed by atoms with E-state index in [9.17, 15) is 0 Å². The van der Waals surface area contributed by atoms with Crippen molar-refractivity contribution in [2.45, 2.75) is 37.6 Å². The maximum Gasteiger partial charge on any atom is 0.119 e. The molecule has 1 fully saturated rings. The first kappa shape index (κ1) is 19.4. The molecule has 2 aromatic rings. The Balaban J connectivity index is 1.57. The average molecular weight is 364 g/mol. The molecule has 27 heavy (non-hydrogen) atoms. The van der Waals surface area contributed by atoms with Crippen LogP contribution in [0.5, 0.6) is 5.75 Å². The highest BCUT2D eigenvalue weighted by molar-refractivity contribution is 5.29. The van der Waals surface area contributed by atoms with Gasteiger partial charge in [0.05, 0.1) is 12.7 Å². The second-order valence-electron chi connectivity index (χ2n) is 7.12. The van der Waals surface area contributed by atoms with E-state index in [2.05, 4.69) is 53.9 Å². The number of unbranched alkanes of at least 4 members (excludes halogenated alkanes) is 1. The van der Waals surface area contributed by atoms with Crippen molar-refractivity contribution < 1.29 is 9.47 Å². The number of rotatable bonds is 9. The maximum absolute atomic E-state index is 8.59. The molecule has 0 aliphatic carbocycles. The summed E-state index contributed by atoms with van der Waals surface area (Å²) in [5.74, 6) is 0.871. The summed E-state index contributed by atoms with van der Waals surface area (Å²) in [6.45, 7) is 3.98. The van der Waals surface area contributed by atoms with Crippen LogP contribution in [0.4, 0.5) is 0 Å². The molecule has 4 nitrogen and oxygen atoms in total. The molecule has 0 radical (unpaired) electrons. The fourth-order valence-corrected chi connectivity index (χ4v) is 3.65. The van der Waals surface area contributed by atoms with Crippen LogP contribution in [-0.2, 0) is 16.7 Å². The van der Waals surface area contributed by atoms with Crippen LogP contribution < -0.4 is 10.1 Å². The number of nitriles is 1. The number of hydrogen-bond acceptors (Lipinski definition) is 4. The molecule has 1 N–H and O–H groups in total. The van der Waals surface area contributed by atoms with Crippen LogP contribution >= 0.6 is 0 Å². The molecule has 0 aromatic heterocycles. The Morgan fingerprint density at radius 1 is 1.07 bits per heavy atom. The third kappa shape index (κ3) is 5.56. The normalized spacial score (nSPS) is 15.8. The molecular formula is C23H28N2O2. The minimum absolute atomic E-state index is 0.144. The highest BCUT2D eigenvalue weighted by Crippen LogP contribution is 2.34. The number of benzene rings is 2. The van der Waals surface area contributed by atoms with Gasteiger partial charge in [0.2, 0.25) is 0 Å². The largest absolute Gasteiger partial charge is 0.494 e. The molecule has 1 aliphatic rings. The molecule has 1 heterocycles. The lowest BCUT2D eigenvalue weighted by Crippen LogP contribution is -2.42. The predicted octanol–water partition coefficient (Wildman–Crippen LogP) is 4.21. The summed E-state index contributed by atoms with van der Waals surface area (Å²) in [5.41, 5.74) is 2.75. The second kappa shape index (κ2) is 10.1. The average Bonchev–Trinajstić information content (AvgIpc) is 2.73. The van der Waals surface area contributed by atoms with E-state index in [1.54, 1.807) is 0 Å². The Morgan fingerprint density at radius 2 is 1.89 bits per heavy atom. The molecule has 0 atom stereocenters. The van der Waals surface area contributed by atoms with Gasteiger partial charge in [-0.05, 0) is 42.5 Å². The molecule has 0 unspecified atom stereocenters. The quantitative estimate of drug-likeness (QED) is 0.677. The highest BCUT2D eigenvalue weighted by atomic mass is 16.5. The van der Waals surface area contributed by atoms with Crippen molar-refractivity contribution in [2.24, 2.45) is 0 Å². The molecule has 0 bridgehead atoms. The van der Waals surface area contributed by atoms with Gasteiger partial charge in [0.25, 0.3) is 0 Å². The zero-order valence-corrected chi connectivity index (χ0v) is 15.8. The van der Waals surface area contributed by atoms with Crippen molar-refractivity contribution >= 4 is 0 Å². The molecule has 0 saturated carbocycles. The zero-order chi connectivity index (χ0) is 18.8. The van der Waals surface area contributed by atoms with Gasteiger partial charge in [-0.1, -0.05) is 42.5 Å². The van der Waals surface area contributed by atoms with Crippen molar-refractivity contribution in [3.63, 3.8) is 0 Å². The van der Waals surface area contributed by atoms with Crippen molar-refractivity contribution in [3.8, 4) is 11.8 Å². The highest BCUT2D eigenvalue weighted by Gasteiger charge is 2.33. The summed E-state index contributed by atoms with van der Waals surface area (Å²) in [6, 6.07) is 21.1. The maximum atomic E-state index is 8.59. The molecule has 3 rings (SSSR count). The van der Waals surface area contributed by atoms with Gasteiger partial charge in [0, 0.05) is 38.1 Å². The van der Waals surface area contributed by atoms with Crippen molar-refractivity contribution in [1.29, 1.82) is 5.26 Å². The van der Waals surface area contributed by atoms with E-state index in [0.29, 0.717) is 13.0 Å². The Morgan fingerprint density at radius 3 is 2.67 bits per heavy atom. The predicted molar refractivity (Wildman–Crippen MR) is 107 cm³/mol. The summed E-state index contributed by atoms with van der Waals surface area (Å²) in [6.07, 6.45) is 3.39. The number of nitrogens with one attached hydrogen (secondary N) is 1. The van der Waals surface area contributed by atoms with Gasteiger partial charge in [-0.15, -0.1) is 0 Å². The fourth-order valence-electron chi connectivity index (χ4n) is 3.65. The SMILES string of the molecule is N#CCCCOc1cccc(CNCC2(c3ccccc3)CCOCC2)c1. The number of ether oxygens (including phenoxy) is 2. The van der Waals surface area contributed by atoms with Crippen LogP contribution in [0, 0.1) is 11.3 Å². The third-order valence-electron chi connectivity index (χ3n) is 5.23. The summed E-state index contributed by atoms with van der Waals surface area (Å²) >= 11 is 0. The first-order valence-corrected chi connectivity index (χ1v) is 9.75. The molecule has 0 spiro atoms. The fraction of sp³-hybridized carbons (Fsp3) is 0.435. The topological polar surface area (TPSA) is 54.3 Å². The molecule has 2 aromatic carbocycles. The minimum Gasteiger partial charge on any atom is -0.494 e. The first-order chi connectivity index (χ1) is 13.3. The van der Waals surface area contributed by atoms with E-state index in [1.165, 1.54) is 11.1 Å². The minimum atomic E-state index is 0.144. The summed E-state index contributed by atoms with van der Waals surface area (Å²) in [7, 11) is 0. The lowest BCUT2D eigenvalue weighted by Gasteiger charge is -2.38. The third-order valence-corrected chi connectivity index (χ3v) is 5.23. The van der Waals surface area contributed by atoms with Crippen LogP contribution in [-0.4, -0.2) is 26.4 Å². The molecule has 1 aliphatic heterocycles. The van der Waals surface area contributed by atoms with Crippen LogP contribution in [0.25, 0.3) is 0 Å². The number of hydrogen-bond donors (Lipinski definition) is 1. The van der Waals surface area contributed by atoms with E-state index in [1.807, 2.05) is 12.1 Å². The first-order valence-electron chi connectivity index (χ1n) is 9.75. The van der Waals surface area contributed by atoms with Crippen LogP contribution in [0.15, 0.2) is 54.6 Å². The molecular weight excluding hydrogens is 336 g/mol. The summed E-state index contributed by atoms with van der Waals surface area (Å²) in [5, 5.41) is 12.3. The summed E-state index contributed by atoms with van der Waals surface area (Å²) < 4.78 is 11.4. The number of nitrogens with zero attached hydrogens (tertiary/aromatic N) is 1. The van der Waals surface area contributed by atoms with Gasteiger partial charge in [0.15, 0.2) is 0 Å². The summed E-state index contributed by atoms with van der Waals surface area (Å²) in [4.78, 5) is 0. The van der Waals surface area contributed by atoms with Crippen LogP contribution in [0.1, 0.15) is 36.8 Å². The van der Waals surface area contributed by atoms with Gasteiger partial charge in [-0.3, -0.25) is 0 Å². The van der Waals surface area contributed by atoms with E-state index in [4.69, 9.17) is 14.7 Å². The molecule has 4 heteroatoms. The second-order valence-corrected chi connectivity index (χ2v) is 7.12. The van der Waals surface area contributed by atoms with Gasteiger partial charge in [-0.25, -0.2) is 0 Å². The monoisotopic (exact) mass is 364 g/mol. The molecule has 142 valence electrons. The van der Waals surface area contributed by atoms with E-state index >= 15 is 0 Å². The van der Waals surface area contributed by atoms with E-state index < -0.39 is 0 Å². The standard InChI is InChI=1S/C23H28N2O2/c24-13-4-5-14-27-22-10-6-7-20(17-22)18-25-19-23(11-15-26-16-12-23)21-8-2-1-3-9-21/h1-3,6-10,17,25H,4-5,11-12,14-16,18-19H2. The van der Waals surface area contributed by atoms with Crippen molar-refractivity contribution in [1.82, 2.24) is 5.32 Å². The van der Waals surface area contributed by atoms with E-state index in [0.717, 1.165) is 51.3 Å². The van der Waals surface area contributed by atoms with E-state index in [-0.39, 0.29) is 5.41 Å². The Labute approximate surface area is 162 Å². The van der Waals surface area contributed by atoms with Gasteiger partial charge in [-0.2, -0.15) is 5.26 Å². The molecule has 0 amide bonds. The Kier molecular flexibility index (Phi) is 7.27. The lowest BCUT2D eigenvalue weighted by atomic mass is 9.74. The van der Waals surface area contributed by atoms with Gasteiger partial charge >= 0.3 is 0 Å². The smallest absolute Gasteiger partial charge is 0.119 e. The van der Waals surface area contributed by atoms with Gasteiger partial charge < -0.3 is 14.8 Å². The molecule has 1 saturated heterocycles. The Bertz CT molecular complexity index is 734.